The molecule has 33 heavy (non-hydrogen) atoms. The minimum atomic E-state index is -1.75. The monoisotopic (exact) mass is 738 g/mol. The fourth-order valence-corrected chi connectivity index (χ4v) is 0. The maximum Gasteiger partial charge on any atom is 4.00 e. The predicted octanol–water partition coefficient (Wildman–Crippen LogP) is -2.35. The van der Waals surface area contributed by atoms with E-state index < -0.39 is 40.7 Å². The topological polar surface area (TPSA) is 518 Å². The Morgan fingerprint density at radius 3 is 0.303 bits per heavy atom. The third kappa shape index (κ3) is 549. The quantitative estimate of drug-likeness (QED) is 0.149. The number of rotatable bonds is 0. The van der Waals surface area contributed by atoms with Gasteiger partial charge in [-0.05, 0) is 0 Å². The van der Waals surface area contributed by atoms with Crippen molar-refractivity contribution in [2.75, 3.05) is 0 Å². The molecule has 0 rings (SSSR count). The van der Waals surface area contributed by atoms with Gasteiger partial charge in [0.05, 0.1) is 20.3 Å². The smallest absolute Gasteiger partial charge is 0.356 e. The minimum absolute atomic E-state index is 0. The van der Waals surface area contributed by atoms with Crippen LogP contribution in [0.4, 0.5) is 0 Å². The Bertz CT molecular complexity index is 361. The van der Waals surface area contributed by atoms with Gasteiger partial charge in [0.25, 0.3) is 20.3 Å². The van der Waals surface area contributed by atoms with Crippen molar-refractivity contribution in [2.45, 2.75) is 0 Å². The van der Waals surface area contributed by atoms with Crippen LogP contribution in [-0.4, -0.2) is 61.5 Å². The van der Waals surface area contributed by atoms with Crippen molar-refractivity contribution in [3.63, 3.8) is 0 Å². The van der Waals surface area contributed by atoms with Crippen molar-refractivity contribution in [2.24, 2.45) is 0 Å². The molecular formula is H4N8O24Pu. The van der Waals surface area contributed by atoms with Crippen LogP contribution in [0, 0.1) is 131 Å². The fourth-order valence-electron chi connectivity index (χ4n) is 0. The first-order valence-corrected chi connectivity index (χ1v) is 4.45. The summed E-state index contributed by atoms with van der Waals surface area (Å²) in [6.45, 7) is 0. The molecule has 33 heteroatoms. The molecule has 0 aliphatic carbocycles. The van der Waals surface area contributed by atoms with Crippen LogP contribution in [0.5, 0.6) is 0 Å². The Morgan fingerprint density at radius 2 is 0.303 bits per heavy atom. The van der Waals surface area contributed by atoms with Gasteiger partial charge in [-0.3, -0.25) is 0 Å². The van der Waals surface area contributed by atoms with Gasteiger partial charge in [0, 0.05) is 0 Å². The van der Waals surface area contributed by atoms with Gasteiger partial charge in [0.1, 0.15) is 0 Å². The molecule has 0 amide bonds. The SMILES string of the molecule is O=[N+]([O-])O.O=[N+]([O-])O.O=[N+]([O-])O.O=[N+]([O-])O.O=[N+]([O-])[O-].O=[N+]([O-])[O-].O=[N+]([O-])[O-].O=[N+]([O-])[O-].[Pu+4]. The molecule has 0 heterocycles. The van der Waals surface area contributed by atoms with E-state index in [1.165, 1.54) is 0 Å². The Kier molecular flexibility index (Phi) is 86.2. The van der Waals surface area contributed by atoms with E-state index in [-0.39, 0.29) is 29.2 Å². The predicted molar refractivity (Wildman–Crippen MR) is 76.6 cm³/mol. The fraction of sp³-hybridized carbons (Fsp3) is 0. The molecule has 0 fully saturated rings. The molecule has 0 saturated carbocycles. The van der Waals surface area contributed by atoms with Gasteiger partial charge < -0.3 is 82.1 Å². The average Bonchev–Trinajstić information content (AvgIpc) is 2.30. The Hall–Kier alpha value is -5.41. The van der Waals surface area contributed by atoms with Crippen LogP contribution in [0.2, 0.25) is 0 Å². The van der Waals surface area contributed by atoms with Gasteiger partial charge in [0.15, 0.2) is 0 Å². The Morgan fingerprint density at radius 1 is 0.303 bits per heavy atom. The zero-order valence-corrected chi connectivity index (χ0v) is 17.3. The molecule has 0 aliphatic rings. The summed E-state index contributed by atoms with van der Waals surface area (Å²) in [5, 5.41) is 114. The van der Waals surface area contributed by atoms with Gasteiger partial charge in [0.2, 0.25) is 0 Å². The van der Waals surface area contributed by atoms with Gasteiger partial charge in [-0.15, -0.1) is 40.5 Å². The van der Waals surface area contributed by atoms with E-state index in [4.69, 9.17) is 123 Å². The molecule has 0 spiro atoms. The van der Waals surface area contributed by atoms with E-state index in [9.17, 15) is 0 Å². The summed E-state index contributed by atoms with van der Waals surface area (Å²) in [4.78, 5) is 66.4. The molecule has 32 nitrogen and oxygen atoms in total. The molecule has 194 valence electrons. The van der Waals surface area contributed by atoms with Gasteiger partial charge in [-0.25, -0.2) is 0 Å². The summed E-state index contributed by atoms with van der Waals surface area (Å²) in [5.41, 5.74) is 0. The molecule has 0 radical (unpaired) electrons. The van der Waals surface area contributed by atoms with E-state index in [0.717, 1.165) is 0 Å². The van der Waals surface area contributed by atoms with Crippen LogP contribution >= 0.6 is 0 Å². The van der Waals surface area contributed by atoms with E-state index in [1.807, 2.05) is 0 Å². The van der Waals surface area contributed by atoms with Crippen molar-refractivity contribution in [1.82, 2.24) is 0 Å². The van der Waals surface area contributed by atoms with E-state index in [1.54, 1.807) is 0 Å². The van der Waals surface area contributed by atoms with Crippen LogP contribution in [0.3, 0.4) is 0 Å². The molecule has 0 aliphatic heterocycles. The normalized spacial score (nSPS) is 5.82. The van der Waals surface area contributed by atoms with E-state index in [2.05, 4.69) is 0 Å². The Labute approximate surface area is 193 Å². The summed E-state index contributed by atoms with van der Waals surface area (Å²) < 4.78 is 0. The largest absolute Gasteiger partial charge is 4.00 e. The number of nitrogens with zero attached hydrogens (tertiary/aromatic N) is 8. The summed E-state index contributed by atoms with van der Waals surface area (Å²) in [7, 11) is 0. The van der Waals surface area contributed by atoms with Gasteiger partial charge in [-0.2, -0.15) is 0 Å². The molecule has 0 aromatic heterocycles. The summed E-state index contributed by atoms with van der Waals surface area (Å²) in [6.07, 6.45) is 0. The molecule has 0 aromatic carbocycles. The number of hydrogen-bond acceptors (Lipinski definition) is 20. The first-order chi connectivity index (χ1) is 13.9. The second-order valence-corrected chi connectivity index (χ2v) is 1.85. The van der Waals surface area contributed by atoms with Gasteiger partial charge in [-0.1, -0.05) is 0 Å². The van der Waals surface area contributed by atoms with Crippen LogP contribution < -0.4 is 0 Å². The second kappa shape index (κ2) is 50.4. The first-order valence-electron chi connectivity index (χ1n) is 4.45. The standard InChI is InChI=1S/4HNO3.4NO3.Pu/c8*2-1(3)4;/h4*(H,2,3,4);;;;;/q;;;;4*-1;+4. The third-order valence-electron chi connectivity index (χ3n) is 0. The van der Waals surface area contributed by atoms with Crippen molar-refractivity contribution in [3.8, 4) is 0 Å². The van der Waals surface area contributed by atoms with E-state index in [0.29, 0.717) is 0 Å². The zero-order valence-electron chi connectivity index (χ0n) is 13.9. The molecular weight excluding hydrogens is 740 g/mol. The maximum absolute atomic E-state index is 8.36. The van der Waals surface area contributed by atoms with Crippen molar-refractivity contribution in [1.29, 1.82) is 0 Å². The first kappa shape index (κ1) is 56.4. The summed E-state index contributed by atoms with van der Waals surface area (Å²) in [6, 6.07) is 0. The molecule has 0 bridgehead atoms. The Balaban J connectivity index is -0.0000000284. The minimum Gasteiger partial charge on any atom is -0.356 e. The molecule has 0 unspecified atom stereocenters. The molecule has 0 saturated heterocycles. The summed E-state index contributed by atoms with van der Waals surface area (Å²) >= 11 is 0. The molecule has 0 atom stereocenters. The summed E-state index contributed by atoms with van der Waals surface area (Å²) in [5.74, 6) is 0. The van der Waals surface area contributed by atoms with Crippen LogP contribution in [0.15, 0.2) is 0 Å². The van der Waals surface area contributed by atoms with Crippen LogP contribution in [-0.2, 0) is 0 Å². The van der Waals surface area contributed by atoms with E-state index >= 15 is 0 Å². The average molecular weight is 744 g/mol. The third-order valence-corrected chi connectivity index (χ3v) is 0. The zero-order chi connectivity index (χ0) is 28.6. The van der Waals surface area contributed by atoms with Crippen molar-refractivity contribution < 1.29 is 90.7 Å². The molecule has 0 aromatic rings. The van der Waals surface area contributed by atoms with Crippen molar-refractivity contribution in [3.05, 3.63) is 102 Å². The van der Waals surface area contributed by atoms with Crippen molar-refractivity contribution >= 4 is 0 Å². The molecule has 4 N–H and O–H groups in total. The van der Waals surface area contributed by atoms with Crippen LogP contribution in [0.25, 0.3) is 0 Å². The second-order valence-electron chi connectivity index (χ2n) is 1.85. The number of hydrogen-bond donors (Lipinski definition) is 4. The maximum atomic E-state index is 8.36. The van der Waals surface area contributed by atoms with Gasteiger partial charge >= 0.3 is 29.2 Å². The van der Waals surface area contributed by atoms with Crippen LogP contribution in [0.1, 0.15) is 0 Å².